The van der Waals surface area contributed by atoms with Crippen LogP contribution < -0.4 is 4.90 Å². The molecule has 3 heterocycles. The summed E-state index contributed by atoms with van der Waals surface area (Å²) < 4.78 is 40.7. The van der Waals surface area contributed by atoms with E-state index in [0.29, 0.717) is 30.9 Å². The van der Waals surface area contributed by atoms with Crippen LogP contribution in [0.25, 0.3) is 0 Å². The highest BCUT2D eigenvalue weighted by atomic mass is 19.4. The summed E-state index contributed by atoms with van der Waals surface area (Å²) in [6.45, 7) is 1.35. The van der Waals surface area contributed by atoms with Crippen molar-refractivity contribution in [2.75, 3.05) is 18.0 Å². The van der Waals surface area contributed by atoms with Crippen molar-refractivity contribution in [3.8, 4) is 0 Å². The van der Waals surface area contributed by atoms with Gasteiger partial charge in [-0.25, -0.2) is 4.98 Å². The van der Waals surface area contributed by atoms with Crippen LogP contribution in [-0.2, 0) is 6.18 Å². The zero-order chi connectivity index (χ0) is 16.7. The molecule has 0 spiro atoms. The van der Waals surface area contributed by atoms with Crippen molar-refractivity contribution in [2.24, 2.45) is 0 Å². The fraction of sp³-hybridized carbons (Fsp3) is 0.562. The van der Waals surface area contributed by atoms with Gasteiger partial charge >= 0.3 is 6.18 Å². The third kappa shape index (κ3) is 2.97. The van der Waals surface area contributed by atoms with Gasteiger partial charge in [-0.05, 0) is 37.8 Å². The van der Waals surface area contributed by atoms with Crippen LogP contribution in [0.15, 0.2) is 24.7 Å². The molecule has 0 atom stereocenters. The second-order valence-corrected chi connectivity index (χ2v) is 6.49. The summed E-state index contributed by atoms with van der Waals surface area (Å²) in [4.78, 5) is 6.03. The average Bonchev–Trinajstić information content (AvgIpc) is 3.31. The molecule has 0 radical (unpaired) electrons. The summed E-state index contributed by atoms with van der Waals surface area (Å²) in [5.41, 5.74) is -0.650. The van der Waals surface area contributed by atoms with Gasteiger partial charge < -0.3 is 9.47 Å². The molecule has 1 aliphatic carbocycles. The van der Waals surface area contributed by atoms with E-state index in [2.05, 4.69) is 19.7 Å². The van der Waals surface area contributed by atoms with E-state index in [1.807, 2.05) is 4.90 Å². The van der Waals surface area contributed by atoms with Crippen molar-refractivity contribution in [1.82, 2.24) is 19.7 Å². The van der Waals surface area contributed by atoms with Crippen LogP contribution in [0.1, 0.15) is 49.0 Å². The van der Waals surface area contributed by atoms with Gasteiger partial charge in [0.25, 0.3) is 0 Å². The third-order valence-electron chi connectivity index (χ3n) is 4.80. The lowest BCUT2D eigenvalue weighted by Gasteiger charge is -2.32. The number of alkyl halides is 3. The molecule has 5 nitrogen and oxygen atoms in total. The normalized spacial score (nSPS) is 19.7. The first-order chi connectivity index (χ1) is 11.5. The number of hydrogen-bond acceptors (Lipinski definition) is 4. The second-order valence-electron chi connectivity index (χ2n) is 6.49. The molecule has 24 heavy (non-hydrogen) atoms. The van der Waals surface area contributed by atoms with Gasteiger partial charge in [-0.3, -0.25) is 0 Å². The molecule has 2 aromatic heterocycles. The summed E-state index contributed by atoms with van der Waals surface area (Å²) in [7, 11) is 0. The van der Waals surface area contributed by atoms with E-state index < -0.39 is 11.7 Å². The van der Waals surface area contributed by atoms with Crippen LogP contribution in [0, 0.1) is 0 Å². The number of aromatic nitrogens is 4. The predicted molar refractivity (Wildman–Crippen MR) is 81.7 cm³/mol. The van der Waals surface area contributed by atoms with Gasteiger partial charge in [0, 0.05) is 31.2 Å². The Kier molecular flexibility index (Phi) is 3.69. The van der Waals surface area contributed by atoms with Crippen molar-refractivity contribution in [3.05, 3.63) is 36.0 Å². The number of halogens is 3. The molecule has 128 valence electrons. The first kappa shape index (κ1) is 15.4. The molecule has 0 aromatic carbocycles. The standard InChI is InChI=1S/C16H18F3N5/c17-16(18,19)12-3-6-20-14(9-12)23-7-4-11(5-8-23)15-22-21-10-24(15)13-1-2-13/h3,6,9-11,13H,1-2,4-5,7-8H2. The minimum atomic E-state index is -4.34. The van der Waals surface area contributed by atoms with Crippen LogP contribution in [-0.4, -0.2) is 32.8 Å². The second kappa shape index (κ2) is 5.75. The first-order valence-electron chi connectivity index (χ1n) is 8.20. The maximum Gasteiger partial charge on any atom is 0.416 e. The fourth-order valence-corrected chi connectivity index (χ4v) is 3.31. The SMILES string of the molecule is FC(F)(F)c1ccnc(N2CCC(c3nncn3C3CC3)CC2)c1. The van der Waals surface area contributed by atoms with E-state index in [9.17, 15) is 13.2 Å². The largest absolute Gasteiger partial charge is 0.416 e. The van der Waals surface area contributed by atoms with Crippen molar-refractivity contribution in [2.45, 2.75) is 43.8 Å². The van der Waals surface area contributed by atoms with Crippen molar-refractivity contribution in [1.29, 1.82) is 0 Å². The van der Waals surface area contributed by atoms with Crippen LogP contribution in [0.4, 0.5) is 19.0 Å². The Bertz CT molecular complexity index is 714. The van der Waals surface area contributed by atoms with Gasteiger partial charge in [0.1, 0.15) is 18.0 Å². The molecule has 1 saturated heterocycles. The first-order valence-corrected chi connectivity index (χ1v) is 8.20. The van der Waals surface area contributed by atoms with Gasteiger partial charge in [-0.15, -0.1) is 10.2 Å². The lowest BCUT2D eigenvalue weighted by atomic mass is 9.95. The molecule has 8 heteroatoms. The summed E-state index contributed by atoms with van der Waals surface area (Å²) in [6.07, 6.45) is 2.75. The van der Waals surface area contributed by atoms with Crippen LogP contribution >= 0.6 is 0 Å². The Morgan fingerprint density at radius 1 is 1.08 bits per heavy atom. The lowest BCUT2D eigenvalue weighted by molar-refractivity contribution is -0.137. The summed E-state index contributed by atoms with van der Waals surface area (Å²) in [5, 5.41) is 8.31. The molecule has 2 aliphatic rings. The molecule has 0 bridgehead atoms. The van der Waals surface area contributed by atoms with Crippen molar-refractivity contribution >= 4 is 5.82 Å². The van der Waals surface area contributed by atoms with Crippen LogP contribution in [0.2, 0.25) is 0 Å². The topological polar surface area (TPSA) is 46.8 Å². The molecule has 0 N–H and O–H groups in total. The van der Waals surface area contributed by atoms with Gasteiger partial charge in [-0.2, -0.15) is 13.2 Å². The zero-order valence-corrected chi connectivity index (χ0v) is 13.1. The zero-order valence-electron chi connectivity index (χ0n) is 13.1. The highest BCUT2D eigenvalue weighted by molar-refractivity contribution is 5.42. The maximum absolute atomic E-state index is 12.8. The highest BCUT2D eigenvalue weighted by Crippen LogP contribution is 2.39. The van der Waals surface area contributed by atoms with Crippen LogP contribution in [0.5, 0.6) is 0 Å². The minimum Gasteiger partial charge on any atom is -0.357 e. The van der Waals surface area contributed by atoms with Gasteiger partial charge in [-0.1, -0.05) is 0 Å². The fourth-order valence-electron chi connectivity index (χ4n) is 3.31. The molecule has 0 unspecified atom stereocenters. The van der Waals surface area contributed by atoms with Crippen molar-refractivity contribution in [3.63, 3.8) is 0 Å². The number of rotatable bonds is 3. The summed E-state index contributed by atoms with van der Waals surface area (Å²) in [5.74, 6) is 1.73. The summed E-state index contributed by atoms with van der Waals surface area (Å²) >= 11 is 0. The predicted octanol–water partition coefficient (Wildman–Crippen LogP) is 3.41. The average molecular weight is 337 g/mol. The molecular formula is C16H18F3N5. The lowest BCUT2D eigenvalue weighted by Crippen LogP contribution is -2.34. The Morgan fingerprint density at radius 3 is 2.50 bits per heavy atom. The van der Waals surface area contributed by atoms with E-state index in [4.69, 9.17) is 0 Å². The van der Waals surface area contributed by atoms with E-state index in [1.165, 1.54) is 19.0 Å². The maximum atomic E-state index is 12.8. The number of nitrogens with zero attached hydrogens (tertiary/aromatic N) is 5. The van der Waals surface area contributed by atoms with E-state index in [1.54, 1.807) is 6.33 Å². The quantitative estimate of drug-likeness (QED) is 0.861. The van der Waals surface area contributed by atoms with Crippen LogP contribution in [0.3, 0.4) is 0 Å². The van der Waals surface area contributed by atoms with Crippen molar-refractivity contribution < 1.29 is 13.2 Å². The Morgan fingerprint density at radius 2 is 1.83 bits per heavy atom. The highest BCUT2D eigenvalue weighted by Gasteiger charge is 2.33. The number of anilines is 1. The third-order valence-corrected chi connectivity index (χ3v) is 4.80. The Labute approximate surface area is 137 Å². The Hall–Kier alpha value is -2.12. The van der Waals surface area contributed by atoms with E-state index in [0.717, 1.165) is 30.8 Å². The minimum absolute atomic E-state index is 0.315. The van der Waals surface area contributed by atoms with E-state index >= 15 is 0 Å². The summed E-state index contributed by atoms with van der Waals surface area (Å²) in [6, 6.07) is 2.68. The monoisotopic (exact) mass is 337 g/mol. The van der Waals surface area contributed by atoms with Gasteiger partial charge in [0.15, 0.2) is 0 Å². The number of piperidine rings is 1. The molecule has 1 saturated carbocycles. The molecule has 0 amide bonds. The Balaban J connectivity index is 1.45. The van der Waals surface area contributed by atoms with E-state index in [-0.39, 0.29) is 0 Å². The number of pyridine rings is 1. The molecular weight excluding hydrogens is 319 g/mol. The smallest absolute Gasteiger partial charge is 0.357 e. The van der Waals surface area contributed by atoms with Gasteiger partial charge in [0.05, 0.1) is 5.56 Å². The molecule has 2 fully saturated rings. The number of hydrogen-bond donors (Lipinski definition) is 0. The molecule has 2 aromatic rings. The molecule has 1 aliphatic heterocycles. The van der Waals surface area contributed by atoms with Gasteiger partial charge in [0.2, 0.25) is 0 Å². The molecule has 4 rings (SSSR count).